The molecule has 136 valence electrons. The average Bonchev–Trinajstić information content (AvgIpc) is 3.14. The average molecular weight is 377 g/mol. The summed E-state index contributed by atoms with van der Waals surface area (Å²) in [5.41, 5.74) is 2.21. The molecule has 27 heavy (non-hydrogen) atoms. The van der Waals surface area contributed by atoms with Crippen LogP contribution in [0.3, 0.4) is 0 Å². The van der Waals surface area contributed by atoms with Crippen molar-refractivity contribution in [1.82, 2.24) is 9.97 Å². The van der Waals surface area contributed by atoms with E-state index in [1.807, 2.05) is 24.3 Å². The predicted octanol–water partition coefficient (Wildman–Crippen LogP) is 4.73. The lowest BCUT2D eigenvalue weighted by atomic mass is 10.1. The molecule has 0 unspecified atom stereocenters. The van der Waals surface area contributed by atoms with E-state index < -0.39 is 0 Å². The van der Waals surface area contributed by atoms with E-state index in [0.717, 1.165) is 28.0 Å². The van der Waals surface area contributed by atoms with Gasteiger partial charge in [0.15, 0.2) is 11.5 Å². The largest absolute Gasteiger partial charge is 0.504 e. The van der Waals surface area contributed by atoms with Crippen LogP contribution in [-0.2, 0) is 6.42 Å². The Morgan fingerprint density at radius 1 is 1.07 bits per heavy atom. The first-order chi connectivity index (χ1) is 13.2. The number of nitrogens with zero attached hydrogens (tertiary/aromatic N) is 2. The molecule has 5 nitrogen and oxygen atoms in total. The molecule has 0 aliphatic rings. The Hall–Kier alpha value is -3.12. The third-order valence-corrected chi connectivity index (χ3v) is 5.43. The van der Waals surface area contributed by atoms with Gasteiger partial charge >= 0.3 is 0 Å². The first-order valence-corrected chi connectivity index (χ1v) is 9.46. The van der Waals surface area contributed by atoms with Crippen LogP contribution in [0.4, 0.5) is 5.82 Å². The Bertz CT molecular complexity index is 1060. The number of rotatable bonds is 6. The summed E-state index contributed by atoms with van der Waals surface area (Å²) in [6.45, 7) is 0.703. The Balaban J connectivity index is 1.50. The highest BCUT2D eigenvalue weighted by Crippen LogP contribution is 2.34. The number of anilines is 1. The Kier molecular flexibility index (Phi) is 4.89. The number of phenolic OH excluding ortho intramolecular Hbond substituents is 1. The van der Waals surface area contributed by atoms with E-state index in [-0.39, 0.29) is 5.75 Å². The van der Waals surface area contributed by atoms with Gasteiger partial charge in [-0.1, -0.05) is 36.4 Å². The number of aromatic hydroxyl groups is 1. The molecule has 0 amide bonds. The molecule has 0 saturated carbocycles. The van der Waals surface area contributed by atoms with E-state index in [4.69, 9.17) is 4.74 Å². The highest BCUT2D eigenvalue weighted by Gasteiger charge is 2.10. The minimum Gasteiger partial charge on any atom is -0.504 e. The second kappa shape index (κ2) is 7.63. The molecule has 0 aliphatic heterocycles. The van der Waals surface area contributed by atoms with Crippen LogP contribution in [0, 0.1) is 0 Å². The lowest BCUT2D eigenvalue weighted by Crippen LogP contribution is -2.06. The molecule has 4 aromatic rings. The van der Waals surface area contributed by atoms with Gasteiger partial charge in [0.2, 0.25) is 0 Å². The number of hydrogen-bond acceptors (Lipinski definition) is 6. The van der Waals surface area contributed by atoms with Gasteiger partial charge in [0.1, 0.15) is 17.0 Å². The Labute approximate surface area is 161 Å². The van der Waals surface area contributed by atoms with Crippen LogP contribution in [0.5, 0.6) is 11.5 Å². The first kappa shape index (κ1) is 17.3. The van der Waals surface area contributed by atoms with E-state index in [2.05, 4.69) is 33.5 Å². The van der Waals surface area contributed by atoms with Gasteiger partial charge in [-0.2, -0.15) is 0 Å². The van der Waals surface area contributed by atoms with Crippen molar-refractivity contribution in [2.45, 2.75) is 6.42 Å². The Morgan fingerprint density at radius 3 is 2.70 bits per heavy atom. The number of thiophene rings is 1. The topological polar surface area (TPSA) is 67.3 Å². The van der Waals surface area contributed by atoms with Crippen molar-refractivity contribution in [3.8, 4) is 21.9 Å². The summed E-state index contributed by atoms with van der Waals surface area (Å²) >= 11 is 1.66. The van der Waals surface area contributed by atoms with E-state index in [0.29, 0.717) is 12.3 Å². The molecule has 6 heteroatoms. The fourth-order valence-electron chi connectivity index (χ4n) is 2.96. The first-order valence-electron chi connectivity index (χ1n) is 8.64. The minimum absolute atomic E-state index is 0.157. The van der Waals surface area contributed by atoms with Crippen molar-refractivity contribution in [3.05, 3.63) is 66.5 Å². The molecule has 0 radical (unpaired) electrons. The third-order valence-electron chi connectivity index (χ3n) is 4.34. The number of fused-ring (bicyclic) bond motifs is 1. The fraction of sp³-hybridized carbons (Fsp3) is 0.143. The van der Waals surface area contributed by atoms with Crippen LogP contribution in [0.15, 0.2) is 60.9 Å². The molecule has 0 saturated heterocycles. The summed E-state index contributed by atoms with van der Waals surface area (Å²) in [6.07, 6.45) is 2.36. The zero-order valence-electron chi connectivity index (χ0n) is 14.8. The van der Waals surface area contributed by atoms with Crippen molar-refractivity contribution in [2.24, 2.45) is 0 Å². The van der Waals surface area contributed by atoms with Crippen molar-refractivity contribution < 1.29 is 9.84 Å². The third kappa shape index (κ3) is 3.71. The maximum atomic E-state index is 9.90. The molecule has 0 bridgehead atoms. The summed E-state index contributed by atoms with van der Waals surface area (Å²) < 4.78 is 5.08. The summed E-state index contributed by atoms with van der Waals surface area (Å²) in [4.78, 5) is 11.0. The summed E-state index contributed by atoms with van der Waals surface area (Å²) in [5.74, 6) is 1.47. The van der Waals surface area contributed by atoms with E-state index >= 15 is 0 Å². The molecular weight excluding hydrogens is 358 g/mol. The number of nitrogens with one attached hydrogen (secondary N) is 1. The molecule has 2 aromatic carbocycles. The number of aromatic nitrogens is 2. The normalized spacial score (nSPS) is 10.9. The summed E-state index contributed by atoms with van der Waals surface area (Å²) in [5, 5.41) is 14.3. The van der Waals surface area contributed by atoms with Crippen LogP contribution >= 0.6 is 11.3 Å². The molecule has 2 heterocycles. The maximum absolute atomic E-state index is 9.90. The van der Waals surface area contributed by atoms with Gasteiger partial charge in [0, 0.05) is 11.4 Å². The number of ether oxygens (including phenoxy) is 1. The number of methoxy groups -OCH3 is 1. The smallest absolute Gasteiger partial charge is 0.160 e. The zero-order chi connectivity index (χ0) is 18.6. The van der Waals surface area contributed by atoms with Crippen LogP contribution in [0.1, 0.15) is 5.56 Å². The van der Waals surface area contributed by atoms with Crippen molar-refractivity contribution in [3.63, 3.8) is 0 Å². The fourth-order valence-corrected chi connectivity index (χ4v) is 3.96. The minimum atomic E-state index is 0.157. The van der Waals surface area contributed by atoms with Crippen molar-refractivity contribution in [2.75, 3.05) is 19.0 Å². The molecule has 0 spiro atoms. The monoisotopic (exact) mass is 377 g/mol. The Morgan fingerprint density at radius 2 is 1.93 bits per heavy atom. The lowest BCUT2D eigenvalue weighted by Gasteiger charge is -2.08. The SMILES string of the molecule is COc1ccc(CCNc2ncnc3sc(-c4ccccc4)cc23)cc1O. The van der Waals surface area contributed by atoms with Crippen LogP contribution in [-0.4, -0.2) is 28.7 Å². The van der Waals surface area contributed by atoms with Gasteiger partial charge in [-0.05, 0) is 35.7 Å². The summed E-state index contributed by atoms with van der Waals surface area (Å²) in [7, 11) is 1.54. The number of benzene rings is 2. The number of hydrogen-bond donors (Lipinski definition) is 2. The van der Waals surface area contributed by atoms with Gasteiger partial charge in [0.05, 0.1) is 12.5 Å². The molecular formula is C21H19N3O2S. The quantitative estimate of drug-likeness (QED) is 0.509. The van der Waals surface area contributed by atoms with Crippen LogP contribution in [0.25, 0.3) is 20.7 Å². The zero-order valence-corrected chi connectivity index (χ0v) is 15.7. The molecule has 0 atom stereocenters. The van der Waals surface area contributed by atoms with Crippen molar-refractivity contribution >= 4 is 27.4 Å². The molecule has 0 fully saturated rings. The second-order valence-electron chi connectivity index (χ2n) is 6.10. The van der Waals surface area contributed by atoms with Gasteiger partial charge in [-0.15, -0.1) is 11.3 Å². The molecule has 4 rings (SSSR count). The molecule has 2 aromatic heterocycles. The van der Waals surface area contributed by atoms with E-state index in [1.165, 1.54) is 10.4 Å². The summed E-state index contributed by atoms with van der Waals surface area (Å²) in [6, 6.07) is 17.9. The number of phenols is 1. The van der Waals surface area contributed by atoms with Gasteiger partial charge < -0.3 is 15.2 Å². The highest BCUT2D eigenvalue weighted by atomic mass is 32.1. The van der Waals surface area contributed by atoms with Crippen LogP contribution < -0.4 is 10.1 Å². The molecule has 0 aliphatic carbocycles. The second-order valence-corrected chi connectivity index (χ2v) is 7.13. The van der Waals surface area contributed by atoms with Crippen molar-refractivity contribution in [1.29, 1.82) is 0 Å². The standard InChI is InChI=1S/C21H19N3O2S/c1-26-18-8-7-14(11-17(18)25)9-10-22-20-16-12-19(15-5-3-2-4-6-15)27-21(16)24-13-23-20/h2-8,11-13,25H,9-10H2,1H3,(H,22,23,24). The van der Waals surface area contributed by atoms with Gasteiger partial charge in [-0.3, -0.25) is 0 Å². The predicted molar refractivity (Wildman–Crippen MR) is 110 cm³/mol. The highest BCUT2D eigenvalue weighted by molar-refractivity contribution is 7.21. The maximum Gasteiger partial charge on any atom is 0.160 e. The van der Waals surface area contributed by atoms with E-state index in [1.54, 1.807) is 36.9 Å². The van der Waals surface area contributed by atoms with E-state index in [9.17, 15) is 5.11 Å². The van der Waals surface area contributed by atoms with Gasteiger partial charge in [0.25, 0.3) is 0 Å². The van der Waals surface area contributed by atoms with Crippen LogP contribution in [0.2, 0.25) is 0 Å². The molecule has 2 N–H and O–H groups in total. The lowest BCUT2D eigenvalue weighted by molar-refractivity contribution is 0.373. The van der Waals surface area contributed by atoms with Gasteiger partial charge in [-0.25, -0.2) is 9.97 Å².